The maximum absolute atomic E-state index is 13.5. The van der Waals surface area contributed by atoms with Gasteiger partial charge in [0.25, 0.3) is 11.8 Å². The molecule has 1 heterocycles. The monoisotopic (exact) mass is 445 g/mol. The molecule has 2 N–H and O–H groups in total. The van der Waals surface area contributed by atoms with Crippen molar-refractivity contribution in [1.82, 2.24) is 0 Å². The third kappa shape index (κ3) is 4.99. The van der Waals surface area contributed by atoms with Gasteiger partial charge in [0.15, 0.2) is 41.4 Å². The van der Waals surface area contributed by atoms with Gasteiger partial charge in [0.05, 0.1) is 0 Å². The lowest BCUT2D eigenvalue weighted by Crippen LogP contribution is -2.21. The number of fused-ring (bicyclic) bond motifs is 1. The van der Waals surface area contributed by atoms with E-state index >= 15 is 0 Å². The Morgan fingerprint density at radius 3 is 2.23 bits per heavy atom. The third-order valence-electron chi connectivity index (χ3n) is 3.72. The summed E-state index contributed by atoms with van der Waals surface area (Å²) in [5.74, 6) is -12.3. The third-order valence-corrected chi connectivity index (χ3v) is 3.72. The smallest absolute Gasteiger partial charge is 0.270 e. The fraction of sp³-hybridized carbons (Fsp3) is 0.167. The molecule has 1 aliphatic heterocycles. The number of rotatable bonds is 6. The zero-order valence-electron chi connectivity index (χ0n) is 15.3. The van der Waals surface area contributed by atoms with Crippen LogP contribution in [0.25, 0.3) is 0 Å². The van der Waals surface area contributed by atoms with E-state index in [4.69, 9.17) is 9.47 Å². The van der Waals surface area contributed by atoms with Crippen LogP contribution in [-0.4, -0.2) is 37.8 Å². The van der Waals surface area contributed by atoms with Gasteiger partial charge in [-0.15, -0.1) is 0 Å². The van der Waals surface area contributed by atoms with Crippen molar-refractivity contribution in [2.45, 2.75) is 0 Å². The molecule has 0 saturated carbocycles. The number of hydrogen-bond acceptors (Lipinski definition) is 6. The summed E-state index contributed by atoms with van der Waals surface area (Å²) in [4.78, 5) is 27.8. The quantitative estimate of drug-likeness (QED) is 0.234. The van der Waals surface area contributed by atoms with Crippen LogP contribution in [0.1, 0.15) is 0 Å². The molecule has 164 valence electrons. The number of anilines is 2. The molecule has 0 bridgehead atoms. The van der Waals surface area contributed by atoms with Gasteiger partial charge in [0.1, 0.15) is 25.1 Å². The van der Waals surface area contributed by atoms with E-state index in [1.807, 2.05) is 0 Å². The Bertz CT molecular complexity index is 1030. The van der Waals surface area contributed by atoms with Crippen LogP contribution in [0.4, 0.5) is 33.3 Å². The zero-order chi connectivity index (χ0) is 22.5. The number of halogens is 5. The van der Waals surface area contributed by atoms with Crippen LogP contribution in [0.2, 0.25) is 0 Å². The Balaban J connectivity index is 1.51. The van der Waals surface area contributed by atoms with Crippen molar-refractivity contribution in [2.24, 2.45) is 5.16 Å². The van der Waals surface area contributed by atoms with E-state index in [0.29, 0.717) is 36.6 Å². The predicted molar refractivity (Wildman–Crippen MR) is 95.4 cm³/mol. The zero-order valence-corrected chi connectivity index (χ0v) is 15.3. The fourth-order valence-corrected chi connectivity index (χ4v) is 2.37. The van der Waals surface area contributed by atoms with E-state index in [1.54, 1.807) is 6.07 Å². The van der Waals surface area contributed by atoms with Crippen LogP contribution >= 0.6 is 0 Å². The molecule has 0 unspecified atom stereocenters. The minimum Gasteiger partial charge on any atom is -0.486 e. The van der Waals surface area contributed by atoms with Gasteiger partial charge in [-0.25, -0.2) is 22.0 Å². The van der Waals surface area contributed by atoms with Gasteiger partial charge in [0, 0.05) is 11.8 Å². The number of carbonyl (C=O) groups excluding carboxylic acids is 2. The van der Waals surface area contributed by atoms with Gasteiger partial charge in [-0.3, -0.25) is 9.59 Å². The van der Waals surface area contributed by atoms with E-state index in [-0.39, 0.29) is 0 Å². The first-order chi connectivity index (χ1) is 14.8. The second kappa shape index (κ2) is 9.28. The van der Waals surface area contributed by atoms with E-state index < -0.39 is 53.2 Å². The Hall–Kier alpha value is -3.90. The fourth-order valence-electron chi connectivity index (χ4n) is 2.37. The number of ether oxygens (including phenoxy) is 2. The number of nitrogens with one attached hydrogen (secondary N) is 2. The van der Waals surface area contributed by atoms with Crippen molar-refractivity contribution < 1.29 is 45.9 Å². The molecule has 2 amide bonds. The Labute approximate surface area is 170 Å². The summed E-state index contributed by atoms with van der Waals surface area (Å²) in [6, 6.07) is 4.64. The molecular weight excluding hydrogens is 433 g/mol. The largest absolute Gasteiger partial charge is 0.486 e. The van der Waals surface area contributed by atoms with E-state index in [1.165, 1.54) is 17.4 Å². The molecule has 0 aromatic heterocycles. The van der Waals surface area contributed by atoms with Gasteiger partial charge in [-0.2, -0.15) is 0 Å². The molecule has 31 heavy (non-hydrogen) atoms. The standard InChI is InChI=1S/C18H12F5N3O5/c19-13-14(20)16(22)18(17(23)15(13)21)26-12(28)7-31-24-6-11(27)25-8-1-2-9-10(5-8)30-4-3-29-9/h1-2,5-6H,3-4,7H2,(H,25,27)(H,26,28). The average Bonchev–Trinajstić information content (AvgIpc) is 2.77. The molecular formula is C18H12F5N3O5. The molecule has 0 radical (unpaired) electrons. The van der Waals surface area contributed by atoms with Crippen LogP contribution in [-0.2, 0) is 14.4 Å². The topological polar surface area (TPSA) is 98.2 Å². The number of hydrogen-bond donors (Lipinski definition) is 2. The molecule has 0 spiro atoms. The van der Waals surface area contributed by atoms with Crippen LogP contribution < -0.4 is 20.1 Å². The first-order valence-corrected chi connectivity index (χ1v) is 8.45. The van der Waals surface area contributed by atoms with Gasteiger partial charge >= 0.3 is 0 Å². The van der Waals surface area contributed by atoms with E-state index in [2.05, 4.69) is 15.3 Å². The highest BCUT2D eigenvalue weighted by atomic mass is 19.2. The van der Waals surface area contributed by atoms with Crippen molar-refractivity contribution in [3.8, 4) is 11.5 Å². The highest BCUT2D eigenvalue weighted by molar-refractivity contribution is 6.31. The average molecular weight is 445 g/mol. The summed E-state index contributed by atoms with van der Waals surface area (Å²) >= 11 is 0. The Kier molecular flexibility index (Phi) is 6.52. The first-order valence-electron chi connectivity index (χ1n) is 8.45. The Morgan fingerprint density at radius 1 is 0.935 bits per heavy atom. The summed E-state index contributed by atoms with van der Waals surface area (Å²) in [5, 5.41) is 7.09. The van der Waals surface area contributed by atoms with Crippen molar-refractivity contribution in [2.75, 3.05) is 30.5 Å². The summed E-state index contributed by atoms with van der Waals surface area (Å²) in [5.41, 5.74) is -1.19. The molecule has 3 rings (SSSR count). The summed E-state index contributed by atoms with van der Waals surface area (Å²) < 4.78 is 76.8. The van der Waals surface area contributed by atoms with Crippen molar-refractivity contribution in [3.05, 3.63) is 47.3 Å². The van der Waals surface area contributed by atoms with Crippen molar-refractivity contribution in [3.63, 3.8) is 0 Å². The number of nitrogens with zero attached hydrogens (tertiary/aromatic N) is 1. The summed E-state index contributed by atoms with van der Waals surface area (Å²) in [6.07, 6.45) is 0.655. The van der Waals surface area contributed by atoms with E-state index in [0.717, 1.165) is 0 Å². The lowest BCUT2D eigenvalue weighted by atomic mass is 10.2. The highest BCUT2D eigenvalue weighted by Gasteiger charge is 2.26. The van der Waals surface area contributed by atoms with Crippen LogP contribution in [0, 0.1) is 29.1 Å². The highest BCUT2D eigenvalue weighted by Crippen LogP contribution is 2.32. The minimum absolute atomic E-state index is 0.352. The molecule has 13 heteroatoms. The molecule has 2 aromatic carbocycles. The molecule has 0 fully saturated rings. The van der Waals surface area contributed by atoms with E-state index in [9.17, 15) is 31.5 Å². The Morgan fingerprint density at radius 2 is 1.55 bits per heavy atom. The summed E-state index contributed by atoms with van der Waals surface area (Å²) in [6.45, 7) is -0.222. The summed E-state index contributed by atoms with van der Waals surface area (Å²) in [7, 11) is 0. The number of oxime groups is 1. The van der Waals surface area contributed by atoms with Crippen molar-refractivity contribution in [1.29, 1.82) is 0 Å². The predicted octanol–water partition coefficient (Wildman–Crippen LogP) is 2.73. The maximum Gasteiger partial charge on any atom is 0.270 e. The lowest BCUT2D eigenvalue weighted by molar-refractivity contribution is -0.120. The molecule has 0 aliphatic carbocycles. The van der Waals surface area contributed by atoms with Crippen LogP contribution in [0.5, 0.6) is 11.5 Å². The van der Waals surface area contributed by atoms with Gasteiger partial charge in [-0.05, 0) is 12.1 Å². The second-order valence-electron chi connectivity index (χ2n) is 5.85. The van der Waals surface area contributed by atoms with Crippen LogP contribution in [0.15, 0.2) is 23.4 Å². The molecule has 2 aromatic rings. The second-order valence-corrected chi connectivity index (χ2v) is 5.85. The van der Waals surface area contributed by atoms with Gasteiger partial charge < -0.3 is 24.9 Å². The first kappa shape index (κ1) is 21.8. The van der Waals surface area contributed by atoms with Crippen molar-refractivity contribution >= 4 is 29.4 Å². The number of amides is 2. The molecule has 0 saturated heterocycles. The number of benzene rings is 2. The molecule has 1 aliphatic rings. The molecule has 8 nitrogen and oxygen atoms in total. The maximum atomic E-state index is 13.5. The van der Waals surface area contributed by atoms with Gasteiger partial charge in [0.2, 0.25) is 5.82 Å². The lowest BCUT2D eigenvalue weighted by Gasteiger charge is -2.18. The number of carbonyl (C=O) groups is 2. The minimum atomic E-state index is -2.36. The molecule has 0 atom stereocenters. The normalized spacial score (nSPS) is 12.5. The van der Waals surface area contributed by atoms with Gasteiger partial charge in [-0.1, -0.05) is 5.16 Å². The van der Waals surface area contributed by atoms with Crippen LogP contribution in [0.3, 0.4) is 0 Å². The SMILES string of the molecule is O=C(C=NOCC(=O)Nc1c(F)c(F)c(F)c(F)c1F)Nc1ccc2c(c1)OCCO2.